The number of halogens is 1. The number of carbonyl (C=O) groups is 1. The summed E-state index contributed by atoms with van der Waals surface area (Å²) in [6.07, 6.45) is 5.04. The highest BCUT2D eigenvalue weighted by Gasteiger charge is 2.53. The summed E-state index contributed by atoms with van der Waals surface area (Å²) < 4.78 is 18.9. The topological polar surface area (TPSA) is 29.5 Å². The van der Waals surface area contributed by atoms with E-state index in [1.54, 1.807) is 6.07 Å². The molecule has 0 bridgehead atoms. The van der Waals surface area contributed by atoms with Crippen molar-refractivity contribution in [1.29, 1.82) is 0 Å². The quantitative estimate of drug-likeness (QED) is 0.651. The van der Waals surface area contributed by atoms with E-state index >= 15 is 0 Å². The van der Waals surface area contributed by atoms with Crippen LogP contribution in [-0.2, 0) is 21.6 Å². The monoisotopic (exact) mass is 381 g/mol. The first kappa shape index (κ1) is 19.1. The lowest BCUT2D eigenvalue weighted by atomic mass is 9.90. The Morgan fingerprint density at radius 2 is 1.82 bits per heavy atom. The summed E-state index contributed by atoms with van der Waals surface area (Å²) in [6.45, 7) is 2.84. The van der Waals surface area contributed by atoms with Crippen LogP contribution in [0.15, 0.2) is 54.6 Å². The predicted molar refractivity (Wildman–Crippen MR) is 107 cm³/mol. The highest BCUT2D eigenvalue weighted by Crippen LogP contribution is 2.49. The Balaban J connectivity index is 1.20. The van der Waals surface area contributed by atoms with E-state index < -0.39 is 0 Å². The third-order valence-corrected chi connectivity index (χ3v) is 6.22. The van der Waals surface area contributed by atoms with Gasteiger partial charge in [0.1, 0.15) is 5.82 Å². The van der Waals surface area contributed by atoms with Crippen molar-refractivity contribution in [2.45, 2.75) is 44.1 Å². The Bertz CT molecular complexity index is 795. The molecule has 1 saturated heterocycles. The van der Waals surface area contributed by atoms with Crippen LogP contribution in [0.2, 0.25) is 0 Å². The molecule has 148 valence electrons. The van der Waals surface area contributed by atoms with Crippen molar-refractivity contribution >= 4 is 5.91 Å². The number of rotatable bonds is 7. The zero-order valence-electron chi connectivity index (χ0n) is 16.3. The largest absolute Gasteiger partial charge is 0.377 e. The molecular weight excluding hydrogens is 353 g/mol. The van der Waals surface area contributed by atoms with Crippen molar-refractivity contribution in [1.82, 2.24) is 4.90 Å². The molecule has 1 aliphatic heterocycles. The Labute approximate surface area is 166 Å². The minimum Gasteiger partial charge on any atom is -0.377 e. The molecule has 0 unspecified atom stereocenters. The Morgan fingerprint density at radius 1 is 1.07 bits per heavy atom. The molecule has 4 rings (SSSR count). The van der Waals surface area contributed by atoms with E-state index in [2.05, 4.69) is 17.0 Å². The summed E-state index contributed by atoms with van der Waals surface area (Å²) in [7, 11) is 0. The molecule has 4 heteroatoms. The van der Waals surface area contributed by atoms with Crippen LogP contribution in [0, 0.1) is 11.7 Å². The first-order valence-electron chi connectivity index (χ1n) is 10.3. The molecule has 2 fully saturated rings. The minimum absolute atomic E-state index is 0.220. The number of piperidine rings is 1. The number of hydrogen-bond donors (Lipinski definition) is 0. The van der Waals surface area contributed by atoms with Gasteiger partial charge in [0.05, 0.1) is 12.0 Å². The van der Waals surface area contributed by atoms with Gasteiger partial charge in [-0.2, -0.15) is 0 Å². The van der Waals surface area contributed by atoms with Crippen LogP contribution in [0.25, 0.3) is 0 Å². The summed E-state index contributed by atoms with van der Waals surface area (Å²) >= 11 is 0. The molecule has 2 aromatic carbocycles. The van der Waals surface area contributed by atoms with Gasteiger partial charge in [-0.25, -0.2) is 4.39 Å². The van der Waals surface area contributed by atoms with Gasteiger partial charge in [0.25, 0.3) is 0 Å². The fourth-order valence-corrected chi connectivity index (χ4v) is 4.30. The molecule has 1 aliphatic carbocycles. The van der Waals surface area contributed by atoms with E-state index in [0.29, 0.717) is 25.0 Å². The van der Waals surface area contributed by atoms with Crippen LogP contribution >= 0.6 is 0 Å². The molecule has 2 aliphatic rings. The number of nitrogens with zero attached hydrogens (tertiary/aromatic N) is 1. The van der Waals surface area contributed by atoms with Gasteiger partial charge >= 0.3 is 0 Å². The Hall–Kier alpha value is -2.20. The number of hydrogen-bond acceptors (Lipinski definition) is 2. The molecule has 1 amide bonds. The SMILES string of the molecule is O=C(N1CCC(CCOCc2cccc(F)c2)CC1)C1(c2ccccc2)CC1. The second kappa shape index (κ2) is 8.44. The molecule has 0 aromatic heterocycles. The fraction of sp³-hybridized carbons (Fsp3) is 0.458. The van der Waals surface area contributed by atoms with Gasteiger partial charge in [-0.05, 0) is 61.3 Å². The van der Waals surface area contributed by atoms with Gasteiger partial charge in [-0.15, -0.1) is 0 Å². The maximum Gasteiger partial charge on any atom is 0.233 e. The molecule has 0 spiro atoms. The number of likely N-dealkylation sites (tertiary alicyclic amines) is 1. The van der Waals surface area contributed by atoms with Crippen molar-refractivity contribution < 1.29 is 13.9 Å². The average molecular weight is 381 g/mol. The second-order valence-electron chi connectivity index (χ2n) is 8.15. The summed E-state index contributed by atoms with van der Waals surface area (Å²) in [6, 6.07) is 16.8. The fourth-order valence-electron chi connectivity index (χ4n) is 4.30. The third-order valence-electron chi connectivity index (χ3n) is 6.22. The summed E-state index contributed by atoms with van der Waals surface area (Å²) in [5.41, 5.74) is 1.80. The normalized spacial score (nSPS) is 18.8. The van der Waals surface area contributed by atoms with Crippen LogP contribution in [-0.4, -0.2) is 30.5 Å². The third kappa shape index (κ3) is 4.27. The molecule has 28 heavy (non-hydrogen) atoms. The van der Waals surface area contributed by atoms with E-state index in [0.717, 1.165) is 50.8 Å². The first-order valence-corrected chi connectivity index (χ1v) is 10.3. The van der Waals surface area contributed by atoms with E-state index in [1.807, 2.05) is 24.3 Å². The zero-order chi connectivity index (χ0) is 19.4. The summed E-state index contributed by atoms with van der Waals surface area (Å²) in [5, 5.41) is 0. The highest BCUT2D eigenvalue weighted by atomic mass is 19.1. The van der Waals surface area contributed by atoms with Crippen LogP contribution < -0.4 is 0 Å². The standard InChI is InChI=1S/C24H28FNO2/c25-22-8-4-5-20(17-22)18-28-16-11-19-9-14-26(15-10-19)23(27)24(12-13-24)21-6-2-1-3-7-21/h1-8,17,19H,9-16,18H2. The Morgan fingerprint density at radius 3 is 2.50 bits per heavy atom. The van der Waals surface area contributed by atoms with Gasteiger partial charge in [-0.3, -0.25) is 4.79 Å². The van der Waals surface area contributed by atoms with Crippen LogP contribution in [0.5, 0.6) is 0 Å². The minimum atomic E-state index is -0.248. The van der Waals surface area contributed by atoms with Crippen LogP contribution in [0.3, 0.4) is 0 Å². The maximum absolute atomic E-state index is 13.2. The van der Waals surface area contributed by atoms with E-state index in [4.69, 9.17) is 4.74 Å². The number of benzene rings is 2. The van der Waals surface area contributed by atoms with E-state index in [-0.39, 0.29) is 11.2 Å². The number of amides is 1. The highest BCUT2D eigenvalue weighted by molar-refractivity contribution is 5.91. The van der Waals surface area contributed by atoms with Crippen molar-refractivity contribution in [2.24, 2.45) is 5.92 Å². The second-order valence-corrected chi connectivity index (χ2v) is 8.15. The first-order chi connectivity index (χ1) is 13.7. The summed E-state index contributed by atoms with van der Waals surface area (Å²) in [4.78, 5) is 15.2. The molecule has 3 nitrogen and oxygen atoms in total. The van der Waals surface area contributed by atoms with E-state index in [1.165, 1.54) is 17.7 Å². The molecular formula is C24H28FNO2. The van der Waals surface area contributed by atoms with Crippen LogP contribution in [0.1, 0.15) is 43.2 Å². The molecule has 1 heterocycles. The van der Waals surface area contributed by atoms with Crippen molar-refractivity contribution in [3.05, 3.63) is 71.5 Å². The van der Waals surface area contributed by atoms with Crippen molar-refractivity contribution in [2.75, 3.05) is 19.7 Å². The smallest absolute Gasteiger partial charge is 0.233 e. The van der Waals surface area contributed by atoms with Gasteiger partial charge in [-0.1, -0.05) is 42.5 Å². The molecule has 1 saturated carbocycles. The van der Waals surface area contributed by atoms with Crippen LogP contribution in [0.4, 0.5) is 4.39 Å². The maximum atomic E-state index is 13.2. The van der Waals surface area contributed by atoms with Gasteiger partial charge in [0, 0.05) is 19.7 Å². The molecule has 0 atom stereocenters. The van der Waals surface area contributed by atoms with Gasteiger partial charge < -0.3 is 9.64 Å². The number of carbonyl (C=O) groups excluding carboxylic acids is 1. The average Bonchev–Trinajstić information content (AvgIpc) is 3.54. The van der Waals surface area contributed by atoms with E-state index in [9.17, 15) is 9.18 Å². The lowest BCUT2D eigenvalue weighted by Gasteiger charge is -2.34. The number of ether oxygens (including phenoxy) is 1. The Kier molecular flexibility index (Phi) is 5.77. The summed E-state index contributed by atoms with van der Waals surface area (Å²) in [5.74, 6) is 0.699. The lowest BCUT2D eigenvalue weighted by molar-refractivity contribution is -0.135. The van der Waals surface area contributed by atoms with Gasteiger partial charge in [0.15, 0.2) is 0 Å². The van der Waals surface area contributed by atoms with Gasteiger partial charge in [0.2, 0.25) is 5.91 Å². The zero-order valence-corrected chi connectivity index (χ0v) is 16.3. The molecule has 0 radical (unpaired) electrons. The molecule has 2 aromatic rings. The lowest BCUT2D eigenvalue weighted by Crippen LogP contribution is -2.44. The predicted octanol–water partition coefficient (Wildman–Crippen LogP) is 4.70. The van der Waals surface area contributed by atoms with Crippen molar-refractivity contribution in [3.63, 3.8) is 0 Å². The van der Waals surface area contributed by atoms with Crippen molar-refractivity contribution in [3.8, 4) is 0 Å². The molecule has 0 N–H and O–H groups in total.